The number of benzene rings is 1. The van der Waals surface area contributed by atoms with E-state index in [1.165, 1.54) is 24.3 Å². The molecule has 1 fully saturated rings. The third-order valence-corrected chi connectivity index (χ3v) is 5.51. The summed E-state index contributed by atoms with van der Waals surface area (Å²) >= 11 is 0. The van der Waals surface area contributed by atoms with Crippen LogP contribution in [0.5, 0.6) is 0 Å². The number of nitrogens with zero attached hydrogens (tertiary/aromatic N) is 3. The third kappa shape index (κ3) is 4.39. The molecule has 2 heterocycles. The van der Waals surface area contributed by atoms with E-state index in [0.29, 0.717) is 11.3 Å². The fourth-order valence-corrected chi connectivity index (χ4v) is 3.37. The van der Waals surface area contributed by atoms with Gasteiger partial charge in [-0.2, -0.15) is 0 Å². The molecule has 0 radical (unpaired) electrons. The van der Waals surface area contributed by atoms with Crippen LogP contribution in [-0.2, 0) is 9.84 Å². The van der Waals surface area contributed by atoms with Crippen molar-refractivity contribution in [3.63, 3.8) is 0 Å². The maximum absolute atomic E-state index is 12.3. The smallest absolute Gasteiger partial charge is 0.255 e. The highest BCUT2D eigenvalue weighted by atomic mass is 32.2. The van der Waals surface area contributed by atoms with Crippen LogP contribution in [0.1, 0.15) is 10.4 Å². The van der Waals surface area contributed by atoms with Gasteiger partial charge in [0.2, 0.25) is 0 Å². The van der Waals surface area contributed by atoms with Gasteiger partial charge in [-0.3, -0.25) is 4.79 Å². The molecule has 1 aliphatic heterocycles. The van der Waals surface area contributed by atoms with Crippen molar-refractivity contribution in [3.05, 3.63) is 48.2 Å². The molecule has 1 N–H and O–H groups in total. The molecule has 0 spiro atoms. The van der Waals surface area contributed by atoms with Gasteiger partial charge in [-0.1, -0.05) is 0 Å². The Morgan fingerprint density at radius 2 is 1.69 bits per heavy atom. The first-order valence-electron chi connectivity index (χ1n) is 8.34. The molecule has 0 aliphatic carbocycles. The van der Waals surface area contributed by atoms with Gasteiger partial charge in [-0.25, -0.2) is 13.4 Å². The zero-order valence-corrected chi connectivity index (χ0v) is 15.7. The molecule has 138 valence electrons. The van der Waals surface area contributed by atoms with Crippen LogP contribution in [0.15, 0.2) is 47.5 Å². The van der Waals surface area contributed by atoms with Gasteiger partial charge in [-0.05, 0) is 43.4 Å². The van der Waals surface area contributed by atoms with E-state index in [1.54, 1.807) is 6.20 Å². The molecule has 0 saturated carbocycles. The summed E-state index contributed by atoms with van der Waals surface area (Å²) in [5, 5.41) is 2.78. The standard InChI is InChI=1S/C18H22N4O3S/c1-21-9-11-22(12-10-21)17-8-5-15(13-19-17)20-18(23)14-3-6-16(7-4-14)26(2,24)25/h3-8,13H,9-12H2,1-2H3,(H,20,23). The Kier molecular flexibility index (Phi) is 5.24. The van der Waals surface area contributed by atoms with Gasteiger partial charge in [-0.15, -0.1) is 0 Å². The van der Waals surface area contributed by atoms with Gasteiger partial charge in [0, 0.05) is 38.0 Å². The maximum Gasteiger partial charge on any atom is 0.255 e. The Balaban J connectivity index is 1.64. The van der Waals surface area contributed by atoms with Gasteiger partial charge in [0.1, 0.15) is 5.82 Å². The third-order valence-electron chi connectivity index (χ3n) is 4.38. The minimum absolute atomic E-state index is 0.187. The summed E-state index contributed by atoms with van der Waals surface area (Å²) in [5.74, 6) is 0.591. The van der Waals surface area contributed by atoms with Gasteiger partial charge in [0.15, 0.2) is 9.84 Å². The van der Waals surface area contributed by atoms with E-state index in [-0.39, 0.29) is 10.8 Å². The molecule has 0 atom stereocenters. The summed E-state index contributed by atoms with van der Waals surface area (Å²) in [4.78, 5) is 21.4. The van der Waals surface area contributed by atoms with Crippen LogP contribution in [0.4, 0.5) is 11.5 Å². The molecule has 0 unspecified atom stereocenters. The van der Waals surface area contributed by atoms with E-state index in [4.69, 9.17) is 0 Å². The van der Waals surface area contributed by atoms with Crippen LogP contribution < -0.4 is 10.2 Å². The lowest BCUT2D eigenvalue weighted by molar-refractivity contribution is 0.102. The lowest BCUT2D eigenvalue weighted by Crippen LogP contribution is -2.44. The molecule has 3 rings (SSSR count). The predicted molar refractivity (Wildman–Crippen MR) is 101 cm³/mol. The highest BCUT2D eigenvalue weighted by molar-refractivity contribution is 7.90. The van der Waals surface area contributed by atoms with Crippen LogP contribution in [-0.4, -0.2) is 63.7 Å². The van der Waals surface area contributed by atoms with E-state index in [1.807, 2.05) is 12.1 Å². The number of hydrogen-bond acceptors (Lipinski definition) is 6. The number of likely N-dealkylation sites (N-methyl/N-ethyl adjacent to an activating group) is 1. The molecule has 8 heteroatoms. The number of piperazine rings is 1. The SMILES string of the molecule is CN1CCN(c2ccc(NC(=O)c3ccc(S(C)(=O)=O)cc3)cn2)CC1. The summed E-state index contributed by atoms with van der Waals surface area (Å²) in [7, 11) is -1.17. The first-order chi connectivity index (χ1) is 12.3. The van der Waals surface area contributed by atoms with Crippen molar-refractivity contribution in [2.45, 2.75) is 4.90 Å². The van der Waals surface area contributed by atoms with Crippen molar-refractivity contribution in [1.29, 1.82) is 0 Å². The van der Waals surface area contributed by atoms with Crippen LogP contribution in [0.3, 0.4) is 0 Å². The van der Waals surface area contributed by atoms with E-state index < -0.39 is 9.84 Å². The first-order valence-corrected chi connectivity index (χ1v) is 10.2. The quantitative estimate of drug-likeness (QED) is 0.873. The lowest BCUT2D eigenvalue weighted by atomic mass is 10.2. The largest absolute Gasteiger partial charge is 0.354 e. The molecule has 1 saturated heterocycles. The number of amides is 1. The minimum Gasteiger partial charge on any atom is -0.354 e. The summed E-state index contributed by atoms with van der Waals surface area (Å²) in [6.45, 7) is 3.87. The van der Waals surface area contributed by atoms with Crippen molar-refractivity contribution in [3.8, 4) is 0 Å². The summed E-state index contributed by atoms with van der Waals surface area (Å²) < 4.78 is 22.9. The second-order valence-corrected chi connectivity index (χ2v) is 8.46. The monoisotopic (exact) mass is 374 g/mol. The van der Waals surface area contributed by atoms with E-state index in [2.05, 4.69) is 27.1 Å². The number of sulfone groups is 1. The number of anilines is 2. The number of aromatic nitrogens is 1. The summed E-state index contributed by atoms with van der Waals surface area (Å²) in [6, 6.07) is 9.57. The van der Waals surface area contributed by atoms with Crippen molar-refractivity contribution in [1.82, 2.24) is 9.88 Å². The fraction of sp³-hybridized carbons (Fsp3) is 0.333. The van der Waals surface area contributed by atoms with Crippen molar-refractivity contribution < 1.29 is 13.2 Å². The molecule has 26 heavy (non-hydrogen) atoms. The zero-order chi connectivity index (χ0) is 18.7. The Hall–Kier alpha value is -2.45. The number of carbonyl (C=O) groups is 1. The average Bonchev–Trinajstić information content (AvgIpc) is 2.62. The van der Waals surface area contributed by atoms with Crippen molar-refractivity contribution >= 4 is 27.2 Å². The van der Waals surface area contributed by atoms with Gasteiger partial charge < -0.3 is 15.1 Å². The molecule has 1 aromatic heterocycles. The molecule has 1 amide bonds. The Morgan fingerprint density at radius 3 is 2.23 bits per heavy atom. The molecule has 1 aromatic carbocycles. The predicted octanol–water partition coefficient (Wildman–Crippen LogP) is 1.49. The second-order valence-electron chi connectivity index (χ2n) is 6.45. The van der Waals surface area contributed by atoms with E-state index in [0.717, 1.165) is 38.3 Å². The highest BCUT2D eigenvalue weighted by Crippen LogP contribution is 2.17. The zero-order valence-electron chi connectivity index (χ0n) is 14.8. The summed E-state index contributed by atoms with van der Waals surface area (Å²) in [6.07, 6.45) is 2.77. The Labute approximate surface area is 153 Å². The lowest BCUT2D eigenvalue weighted by Gasteiger charge is -2.33. The summed E-state index contributed by atoms with van der Waals surface area (Å²) in [5.41, 5.74) is 0.987. The first kappa shape index (κ1) is 18.3. The number of carbonyl (C=O) groups excluding carboxylic acids is 1. The van der Waals surface area contributed by atoms with Gasteiger partial charge >= 0.3 is 0 Å². The normalized spacial score (nSPS) is 15.7. The van der Waals surface area contributed by atoms with E-state index >= 15 is 0 Å². The molecule has 1 aliphatic rings. The van der Waals surface area contributed by atoms with Gasteiger partial charge in [0.25, 0.3) is 5.91 Å². The molecule has 7 nitrogen and oxygen atoms in total. The number of rotatable bonds is 4. The number of nitrogens with one attached hydrogen (secondary N) is 1. The fourth-order valence-electron chi connectivity index (χ4n) is 2.74. The highest BCUT2D eigenvalue weighted by Gasteiger charge is 2.15. The Bertz CT molecular complexity index is 872. The molecule has 2 aromatic rings. The van der Waals surface area contributed by atoms with Crippen molar-refractivity contribution in [2.75, 3.05) is 49.7 Å². The minimum atomic E-state index is -3.27. The maximum atomic E-state index is 12.3. The molecular formula is C18H22N4O3S. The Morgan fingerprint density at radius 1 is 1.04 bits per heavy atom. The van der Waals surface area contributed by atoms with Gasteiger partial charge in [0.05, 0.1) is 16.8 Å². The molecular weight excluding hydrogens is 352 g/mol. The average molecular weight is 374 g/mol. The number of pyridine rings is 1. The topological polar surface area (TPSA) is 82.6 Å². The van der Waals surface area contributed by atoms with E-state index in [9.17, 15) is 13.2 Å². The number of hydrogen-bond donors (Lipinski definition) is 1. The van der Waals surface area contributed by atoms with Crippen LogP contribution in [0.2, 0.25) is 0 Å². The van der Waals surface area contributed by atoms with Crippen LogP contribution in [0, 0.1) is 0 Å². The van der Waals surface area contributed by atoms with Crippen molar-refractivity contribution in [2.24, 2.45) is 0 Å². The molecule has 0 bridgehead atoms. The van der Waals surface area contributed by atoms with Crippen LogP contribution >= 0.6 is 0 Å². The second kappa shape index (κ2) is 7.43. The van der Waals surface area contributed by atoms with Crippen LogP contribution in [0.25, 0.3) is 0 Å².